The fraction of sp³-hybridized carbons (Fsp3) is 0. The van der Waals surface area contributed by atoms with Crippen molar-refractivity contribution in [2.24, 2.45) is 0 Å². The van der Waals surface area contributed by atoms with E-state index in [1.165, 1.54) is 86.7 Å². The summed E-state index contributed by atoms with van der Waals surface area (Å²) in [6.07, 6.45) is 3.80. The number of benzene rings is 10. The van der Waals surface area contributed by atoms with Crippen molar-refractivity contribution in [1.29, 1.82) is 0 Å². The van der Waals surface area contributed by atoms with E-state index in [0.717, 1.165) is 60.6 Å². The Morgan fingerprint density at radius 2 is 1.18 bits per heavy atom. The molecule has 5 aromatic heterocycles. The third-order valence-electron chi connectivity index (χ3n) is 13.6. The van der Waals surface area contributed by atoms with Crippen LogP contribution in [0.2, 0.25) is 0 Å². The van der Waals surface area contributed by atoms with Crippen molar-refractivity contribution in [3.63, 3.8) is 0 Å². The van der Waals surface area contributed by atoms with Crippen LogP contribution in [-0.2, 0) is 0 Å². The number of nitrogens with one attached hydrogen (secondary N) is 2. The first-order valence-electron chi connectivity index (χ1n) is 21.2. The molecule has 2 N–H and O–H groups in total. The molecule has 0 radical (unpaired) electrons. The van der Waals surface area contributed by atoms with Crippen LogP contribution in [0.5, 0.6) is 0 Å². The van der Waals surface area contributed by atoms with Gasteiger partial charge in [0.2, 0.25) is 0 Å². The average Bonchev–Trinajstić information content (AvgIpc) is 4.09. The number of aromatic nitrogens is 4. The average molecular weight is 789 g/mol. The van der Waals surface area contributed by atoms with Crippen LogP contribution in [0.3, 0.4) is 0 Å². The Morgan fingerprint density at radius 1 is 0.435 bits per heavy atom. The first kappa shape index (κ1) is 32.4. The summed E-state index contributed by atoms with van der Waals surface area (Å²) in [6, 6.07) is 62.0. The molecular formula is C57H32N4O. The third kappa shape index (κ3) is 4.19. The molecule has 0 amide bonds. The van der Waals surface area contributed by atoms with Crippen LogP contribution in [0.15, 0.2) is 187 Å². The van der Waals surface area contributed by atoms with Crippen LogP contribution in [0.1, 0.15) is 0 Å². The summed E-state index contributed by atoms with van der Waals surface area (Å²) in [5.74, 6) is 0. The maximum absolute atomic E-state index is 6.78. The Balaban J connectivity index is 0.944. The van der Waals surface area contributed by atoms with E-state index >= 15 is 0 Å². The normalized spacial score (nSPS) is 12.5. The highest BCUT2D eigenvalue weighted by molar-refractivity contribution is 6.39. The second kappa shape index (κ2) is 11.7. The first-order chi connectivity index (χ1) is 30.7. The molecule has 0 spiro atoms. The number of fused-ring (bicyclic) bond motifs is 21. The number of nitrogens with zero attached hydrogens (tertiary/aromatic N) is 2. The van der Waals surface area contributed by atoms with Crippen LogP contribution in [0.4, 0.5) is 0 Å². The smallest absolute Gasteiger partial charge is 0.159 e. The van der Waals surface area contributed by atoms with Gasteiger partial charge in [0.05, 0.1) is 34.0 Å². The molecule has 5 nitrogen and oxygen atoms in total. The third-order valence-corrected chi connectivity index (χ3v) is 13.6. The monoisotopic (exact) mass is 788 g/mol. The maximum Gasteiger partial charge on any atom is 0.159 e. The van der Waals surface area contributed by atoms with E-state index in [0.29, 0.717) is 0 Å². The number of hydrogen-bond donors (Lipinski definition) is 2. The summed E-state index contributed by atoms with van der Waals surface area (Å²) >= 11 is 0. The molecule has 62 heavy (non-hydrogen) atoms. The van der Waals surface area contributed by atoms with Crippen molar-refractivity contribution in [3.8, 4) is 16.8 Å². The van der Waals surface area contributed by atoms with Gasteiger partial charge in [-0.1, -0.05) is 109 Å². The molecule has 10 aromatic carbocycles. The lowest BCUT2D eigenvalue weighted by atomic mass is 9.92. The van der Waals surface area contributed by atoms with Gasteiger partial charge >= 0.3 is 0 Å². The quantitative estimate of drug-likeness (QED) is 0.183. The lowest BCUT2D eigenvalue weighted by molar-refractivity contribution is 0.672. The minimum Gasteiger partial charge on any atom is -0.454 e. The largest absolute Gasteiger partial charge is 0.454 e. The highest BCUT2D eigenvalue weighted by Crippen LogP contribution is 2.47. The first-order valence-corrected chi connectivity index (χ1v) is 21.2. The van der Waals surface area contributed by atoms with Crippen molar-refractivity contribution in [1.82, 2.24) is 19.5 Å². The van der Waals surface area contributed by atoms with Crippen LogP contribution in [0.25, 0.3) is 147 Å². The van der Waals surface area contributed by atoms with Gasteiger partial charge in [-0.25, -0.2) is 0 Å². The van der Waals surface area contributed by atoms with Crippen molar-refractivity contribution < 1.29 is 4.42 Å². The van der Waals surface area contributed by atoms with Gasteiger partial charge in [0.25, 0.3) is 0 Å². The highest BCUT2D eigenvalue weighted by Gasteiger charge is 2.23. The van der Waals surface area contributed by atoms with Gasteiger partial charge in [-0.3, -0.25) is 4.98 Å². The zero-order valence-electron chi connectivity index (χ0n) is 33.1. The Bertz CT molecular complexity index is 4450. The Morgan fingerprint density at radius 3 is 2.08 bits per heavy atom. The molecule has 0 unspecified atom stereocenters. The molecule has 0 fully saturated rings. The number of para-hydroxylation sites is 1. The molecule has 286 valence electrons. The molecule has 0 saturated carbocycles. The summed E-state index contributed by atoms with van der Waals surface area (Å²) in [5, 5.41) is 19.3. The van der Waals surface area contributed by atoms with E-state index in [-0.39, 0.29) is 0 Å². The molecule has 15 rings (SSSR count). The van der Waals surface area contributed by atoms with Gasteiger partial charge in [0.15, 0.2) is 5.58 Å². The molecule has 0 aliphatic rings. The van der Waals surface area contributed by atoms with Crippen LogP contribution in [0, 0.1) is 0 Å². The highest BCUT2D eigenvalue weighted by atomic mass is 16.3. The number of pyridine rings is 1. The lowest BCUT2D eigenvalue weighted by Crippen LogP contribution is -1.95. The number of rotatable bonds is 2. The van der Waals surface area contributed by atoms with Gasteiger partial charge in [-0.05, 0) is 109 Å². The van der Waals surface area contributed by atoms with Crippen LogP contribution >= 0.6 is 0 Å². The van der Waals surface area contributed by atoms with Crippen LogP contribution < -0.4 is 0 Å². The summed E-state index contributed by atoms with van der Waals surface area (Å²) < 4.78 is 9.16. The topological polar surface area (TPSA) is 62.5 Å². The summed E-state index contributed by atoms with van der Waals surface area (Å²) in [6.45, 7) is 0. The van der Waals surface area contributed by atoms with Crippen molar-refractivity contribution in [2.45, 2.75) is 0 Å². The zero-order chi connectivity index (χ0) is 40.2. The molecule has 5 heteroatoms. The van der Waals surface area contributed by atoms with Crippen molar-refractivity contribution in [3.05, 3.63) is 182 Å². The molecular weight excluding hydrogens is 757 g/mol. The SMILES string of the molecule is c1cncc(-n2c3ccccc3c3c4[nH]c5ccc6c(-c7ccc8cc9c(cc8c7)oc7c9ccc8c9cc%10ccccc%10cc9[nH]c87)cccc6c5c4c4ccccc4c32)c1. The molecule has 5 heterocycles. The number of furan rings is 1. The summed E-state index contributed by atoms with van der Waals surface area (Å²) in [5.41, 5.74) is 12.0. The second-order valence-corrected chi connectivity index (χ2v) is 16.8. The van der Waals surface area contributed by atoms with E-state index in [2.05, 4.69) is 183 Å². The molecule has 0 aliphatic carbocycles. The Hall–Kier alpha value is -8.41. The number of H-pyrrole nitrogens is 2. The van der Waals surface area contributed by atoms with Crippen molar-refractivity contribution in [2.75, 3.05) is 0 Å². The second-order valence-electron chi connectivity index (χ2n) is 16.8. The van der Waals surface area contributed by atoms with Gasteiger partial charge in [-0.15, -0.1) is 0 Å². The van der Waals surface area contributed by atoms with Gasteiger partial charge in [-0.2, -0.15) is 0 Å². The number of aromatic amines is 2. The predicted molar refractivity (Wildman–Crippen MR) is 260 cm³/mol. The minimum absolute atomic E-state index is 0.891. The van der Waals surface area contributed by atoms with E-state index in [1.807, 2.05) is 18.5 Å². The van der Waals surface area contributed by atoms with Gasteiger partial charge in [0.1, 0.15) is 5.58 Å². The Labute approximate surface area is 352 Å². The molecule has 0 aliphatic heterocycles. The zero-order valence-corrected chi connectivity index (χ0v) is 33.1. The van der Waals surface area contributed by atoms with E-state index in [4.69, 9.17) is 4.42 Å². The predicted octanol–water partition coefficient (Wildman–Crippen LogP) is 15.6. The van der Waals surface area contributed by atoms with Gasteiger partial charge in [0, 0.05) is 65.7 Å². The summed E-state index contributed by atoms with van der Waals surface area (Å²) in [4.78, 5) is 12.2. The van der Waals surface area contributed by atoms with Crippen molar-refractivity contribution >= 4 is 130 Å². The van der Waals surface area contributed by atoms with Crippen LogP contribution in [-0.4, -0.2) is 19.5 Å². The Kier molecular flexibility index (Phi) is 6.10. The maximum atomic E-state index is 6.78. The van der Waals surface area contributed by atoms with Gasteiger partial charge < -0.3 is 19.0 Å². The molecule has 0 saturated heterocycles. The number of hydrogen-bond acceptors (Lipinski definition) is 2. The van der Waals surface area contributed by atoms with E-state index in [9.17, 15) is 0 Å². The standard InChI is InChI=1S/C57H32N4O/c1-2-10-32-28-48-45(26-31(32)9-1)41-20-21-43-46-27-33-18-19-34(25-35(33)29-50(46)62-57(43)54(41)60-48)37-15-7-16-39-38(37)22-23-47-51(39)52-40-12-3-4-13-42(40)56-53(55(52)59-47)44-14-5-6-17-49(44)61(56)36-11-8-24-58-30-36/h1-30,59-60H. The summed E-state index contributed by atoms with van der Waals surface area (Å²) in [7, 11) is 0. The van der Waals surface area contributed by atoms with E-state index < -0.39 is 0 Å². The fourth-order valence-electron chi connectivity index (χ4n) is 11.0. The lowest BCUT2D eigenvalue weighted by Gasteiger charge is -2.11. The molecule has 0 atom stereocenters. The fourth-order valence-corrected chi connectivity index (χ4v) is 11.0. The molecule has 0 bridgehead atoms. The minimum atomic E-state index is 0.891. The molecule has 15 aromatic rings. The van der Waals surface area contributed by atoms with E-state index in [1.54, 1.807) is 0 Å².